The van der Waals surface area contributed by atoms with Crippen molar-refractivity contribution in [2.45, 2.75) is 20.0 Å². The van der Waals surface area contributed by atoms with Gasteiger partial charge in [-0.25, -0.2) is 4.98 Å². The third kappa shape index (κ3) is 2.58. The molecule has 1 aromatic heterocycles. The molecule has 3 nitrogen and oxygen atoms in total. The van der Waals surface area contributed by atoms with E-state index in [0.29, 0.717) is 0 Å². The number of nitrogens with one attached hydrogen (secondary N) is 1. The molecule has 0 spiro atoms. The molecule has 20 heavy (non-hydrogen) atoms. The zero-order valence-electron chi connectivity index (χ0n) is 11.7. The van der Waals surface area contributed by atoms with Gasteiger partial charge in [-0.2, -0.15) is 0 Å². The van der Waals surface area contributed by atoms with Gasteiger partial charge in [-0.05, 0) is 22.9 Å². The van der Waals surface area contributed by atoms with E-state index in [-0.39, 0.29) is 0 Å². The van der Waals surface area contributed by atoms with Gasteiger partial charge in [0.15, 0.2) is 0 Å². The van der Waals surface area contributed by atoms with Gasteiger partial charge >= 0.3 is 0 Å². The van der Waals surface area contributed by atoms with E-state index < -0.39 is 0 Å². The molecule has 0 saturated heterocycles. The SMILES string of the molecule is CCNCc1cncn1Cc1cccc2ccccc12. The second kappa shape index (κ2) is 5.88. The molecule has 102 valence electrons. The lowest BCUT2D eigenvalue weighted by molar-refractivity contribution is 0.658. The Kier molecular flexibility index (Phi) is 3.79. The average Bonchev–Trinajstić information content (AvgIpc) is 2.93. The molecule has 0 aliphatic heterocycles. The van der Waals surface area contributed by atoms with Crippen molar-refractivity contribution in [2.24, 2.45) is 0 Å². The zero-order valence-corrected chi connectivity index (χ0v) is 11.7. The monoisotopic (exact) mass is 265 g/mol. The molecule has 0 amide bonds. The van der Waals surface area contributed by atoms with Gasteiger partial charge in [-0.15, -0.1) is 0 Å². The fourth-order valence-corrected chi connectivity index (χ4v) is 2.50. The highest BCUT2D eigenvalue weighted by atomic mass is 15.1. The Labute approximate surface area is 119 Å². The zero-order chi connectivity index (χ0) is 13.8. The number of nitrogens with zero attached hydrogens (tertiary/aromatic N) is 2. The molecular weight excluding hydrogens is 246 g/mol. The van der Waals surface area contributed by atoms with Crippen LogP contribution in [0.15, 0.2) is 55.0 Å². The molecule has 0 radical (unpaired) electrons. The third-order valence-electron chi connectivity index (χ3n) is 3.58. The Morgan fingerprint density at radius 3 is 2.85 bits per heavy atom. The van der Waals surface area contributed by atoms with Gasteiger partial charge in [-0.1, -0.05) is 49.4 Å². The summed E-state index contributed by atoms with van der Waals surface area (Å²) < 4.78 is 2.21. The highest BCUT2D eigenvalue weighted by Gasteiger charge is 2.05. The lowest BCUT2D eigenvalue weighted by atomic mass is 10.0. The van der Waals surface area contributed by atoms with E-state index >= 15 is 0 Å². The van der Waals surface area contributed by atoms with Crippen molar-refractivity contribution in [3.8, 4) is 0 Å². The van der Waals surface area contributed by atoms with E-state index in [4.69, 9.17) is 0 Å². The summed E-state index contributed by atoms with van der Waals surface area (Å²) in [6, 6.07) is 15.0. The smallest absolute Gasteiger partial charge is 0.0951 e. The van der Waals surface area contributed by atoms with Gasteiger partial charge in [0.05, 0.1) is 12.0 Å². The Balaban J connectivity index is 1.92. The van der Waals surface area contributed by atoms with Crippen LogP contribution in [0.5, 0.6) is 0 Å². The summed E-state index contributed by atoms with van der Waals surface area (Å²) in [5, 5.41) is 5.96. The maximum absolute atomic E-state index is 4.27. The molecule has 3 rings (SSSR count). The number of aromatic nitrogens is 2. The molecule has 2 aromatic carbocycles. The first-order valence-corrected chi connectivity index (χ1v) is 7.05. The molecule has 0 bridgehead atoms. The molecule has 3 heteroatoms. The summed E-state index contributed by atoms with van der Waals surface area (Å²) in [5.74, 6) is 0. The minimum Gasteiger partial charge on any atom is -0.329 e. The van der Waals surface area contributed by atoms with E-state index in [0.717, 1.165) is 19.6 Å². The summed E-state index contributed by atoms with van der Waals surface area (Å²) in [6.45, 7) is 4.81. The minimum absolute atomic E-state index is 0.862. The largest absolute Gasteiger partial charge is 0.329 e. The standard InChI is InChI=1S/C17H19N3/c1-2-18-10-16-11-19-13-20(16)12-15-8-5-7-14-6-3-4-9-17(14)15/h3-9,11,13,18H,2,10,12H2,1H3. The van der Waals surface area contributed by atoms with Crippen LogP contribution in [0.1, 0.15) is 18.2 Å². The summed E-state index contributed by atoms with van der Waals surface area (Å²) in [4.78, 5) is 4.27. The molecule has 0 aliphatic rings. The van der Waals surface area contributed by atoms with Crippen LogP contribution in [0, 0.1) is 0 Å². The topological polar surface area (TPSA) is 29.9 Å². The van der Waals surface area contributed by atoms with Gasteiger partial charge in [0.25, 0.3) is 0 Å². The Bertz CT molecular complexity index is 695. The lowest BCUT2D eigenvalue weighted by Crippen LogP contribution is -2.15. The van der Waals surface area contributed by atoms with E-state index in [1.807, 2.05) is 12.5 Å². The maximum Gasteiger partial charge on any atom is 0.0951 e. The Morgan fingerprint density at radius 2 is 1.95 bits per heavy atom. The molecule has 3 aromatic rings. The van der Waals surface area contributed by atoms with Crippen LogP contribution in [0.3, 0.4) is 0 Å². The van der Waals surface area contributed by atoms with Crippen LogP contribution in [0.25, 0.3) is 10.8 Å². The summed E-state index contributed by atoms with van der Waals surface area (Å²) in [5.41, 5.74) is 2.55. The van der Waals surface area contributed by atoms with Crippen LogP contribution in [-0.4, -0.2) is 16.1 Å². The van der Waals surface area contributed by atoms with Crippen LogP contribution in [-0.2, 0) is 13.1 Å². The molecule has 1 heterocycles. The van der Waals surface area contributed by atoms with Crippen molar-refractivity contribution in [2.75, 3.05) is 6.54 Å². The van der Waals surface area contributed by atoms with Gasteiger partial charge < -0.3 is 9.88 Å². The first-order valence-electron chi connectivity index (χ1n) is 7.05. The van der Waals surface area contributed by atoms with E-state index in [1.54, 1.807) is 0 Å². The van der Waals surface area contributed by atoms with Gasteiger partial charge in [0.1, 0.15) is 0 Å². The first-order chi connectivity index (χ1) is 9.88. The number of fused-ring (bicyclic) bond motifs is 1. The summed E-state index contributed by atoms with van der Waals surface area (Å²) >= 11 is 0. The predicted octanol–water partition coefficient (Wildman–Crippen LogP) is 3.19. The second-order valence-electron chi connectivity index (χ2n) is 4.93. The fraction of sp³-hybridized carbons (Fsp3) is 0.235. The van der Waals surface area contributed by atoms with Crippen molar-refractivity contribution in [1.82, 2.24) is 14.9 Å². The van der Waals surface area contributed by atoms with Crippen LogP contribution in [0.2, 0.25) is 0 Å². The Morgan fingerprint density at radius 1 is 1.10 bits per heavy atom. The number of rotatable bonds is 5. The van der Waals surface area contributed by atoms with Crippen molar-refractivity contribution in [3.05, 3.63) is 66.2 Å². The highest BCUT2D eigenvalue weighted by Crippen LogP contribution is 2.19. The van der Waals surface area contributed by atoms with Crippen LogP contribution < -0.4 is 5.32 Å². The maximum atomic E-state index is 4.27. The normalized spacial score (nSPS) is 11.1. The quantitative estimate of drug-likeness (QED) is 0.768. The average molecular weight is 265 g/mol. The molecule has 0 atom stereocenters. The molecule has 0 unspecified atom stereocenters. The van der Waals surface area contributed by atoms with Gasteiger partial charge in [0, 0.05) is 19.3 Å². The minimum atomic E-state index is 0.862. The highest BCUT2D eigenvalue weighted by molar-refractivity contribution is 5.85. The predicted molar refractivity (Wildman–Crippen MR) is 82.7 cm³/mol. The summed E-state index contributed by atoms with van der Waals surface area (Å²) in [6.07, 6.45) is 3.85. The number of hydrogen-bond donors (Lipinski definition) is 1. The number of imidazole rings is 1. The van der Waals surface area contributed by atoms with Crippen molar-refractivity contribution in [3.63, 3.8) is 0 Å². The van der Waals surface area contributed by atoms with E-state index in [2.05, 4.69) is 64.3 Å². The van der Waals surface area contributed by atoms with Gasteiger partial charge in [0.2, 0.25) is 0 Å². The molecule has 0 saturated carbocycles. The number of hydrogen-bond acceptors (Lipinski definition) is 2. The molecular formula is C17H19N3. The summed E-state index contributed by atoms with van der Waals surface area (Å²) in [7, 11) is 0. The lowest BCUT2D eigenvalue weighted by Gasteiger charge is -2.11. The van der Waals surface area contributed by atoms with Crippen molar-refractivity contribution < 1.29 is 0 Å². The van der Waals surface area contributed by atoms with Crippen molar-refractivity contribution in [1.29, 1.82) is 0 Å². The van der Waals surface area contributed by atoms with E-state index in [1.165, 1.54) is 22.0 Å². The first kappa shape index (κ1) is 12.9. The third-order valence-corrected chi connectivity index (χ3v) is 3.58. The van der Waals surface area contributed by atoms with E-state index in [9.17, 15) is 0 Å². The van der Waals surface area contributed by atoms with Gasteiger partial charge in [-0.3, -0.25) is 0 Å². The van der Waals surface area contributed by atoms with Crippen LogP contribution >= 0.6 is 0 Å². The molecule has 0 fully saturated rings. The Hall–Kier alpha value is -2.13. The number of benzene rings is 2. The second-order valence-corrected chi connectivity index (χ2v) is 4.93. The molecule has 1 N–H and O–H groups in total. The van der Waals surface area contributed by atoms with Crippen molar-refractivity contribution >= 4 is 10.8 Å². The van der Waals surface area contributed by atoms with Crippen LogP contribution in [0.4, 0.5) is 0 Å². The molecule has 0 aliphatic carbocycles. The fourth-order valence-electron chi connectivity index (χ4n) is 2.50.